The van der Waals surface area contributed by atoms with Crippen molar-refractivity contribution in [3.8, 4) is 0 Å². The fraction of sp³-hybridized carbons (Fsp3) is 0.500. The molecule has 94 valence electrons. The summed E-state index contributed by atoms with van der Waals surface area (Å²) in [5.74, 6) is -0.113. The minimum Gasteiger partial charge on any atom is -0.466 e. The van der Waals surface area contributed by atoms with Crippen LogP contribution in [0, 0.1) is 0 Å². The van der Waals surface area contributed by atoms with Crippen LogP contribution in [0.4, 0.5) is 5.69 Å². The molecule has 1 aromatic rings. The van der Waals surface area contributed by atoms with E-state index in [-0.39, 0.29) is 5.97 Å². The molecule has 0 aromatic heterocycles. The molecule has 1 N–H and O–H groups in total. The average molecular weight is 235 g/mol. The van der Waals surface area contributed by atoms with Crippen molar-refractivity contribution < 1.29 is 9.53 Å². The Morgan fingerprint density at radius 3 is 2.76 bits per heavy atom. The third kappa shape index (κ3) is 4.89. The number of benzene rings is 1. The van der Waals surface area contributed by atoms with E-state index in [4.69, 9.17) is 4.74 Å². The second kappa shape index (κ2) is 7.71. The maximum Gasteiger partial charge on any atom is 0.305 e. The molecule has 0 spiro atoms. The molecule has 0 fully saturated rings. The number of carbonyl (C=O) groups excluding carboxylic acids is 1. The predicted molar refractivity (Wildman–Crippen MR) is 70.2 cm³/mol. The summed E-state index contributed by atoms with van der Waals surface area (Å²) in [4.78, 5) is 11.1. The zero-order valence-electron chi connectivity index (χ0n) is 10.7. The highest BCUT2D eigenvalue weighted by atomic mass is 16.5. The van der Waals surface area contributed by atoms with Crippen molar-refractivity contribution in [3.63, 3.8) is 0 Å². The van der Waals surface area contributed by atoms with Gasteiger partial charge in [-0.05, 0) is 31.4 Å². The molecule has 0 aliphatic carbocycles. The average Bonchev–Trinajstić information content (AvgIpc) is 2.35. The number of ether oxygens (including phenoxy) is 1. The van der Waals surface area contributed by atoms with E-state index in [0.29, 0.717) is 13.0 Å². The Morgan fingerprint density at radius 1 is 1.29 bits per heavy atom. The van der Waals surface area contributed by atoms with E-state index in [0.717, 1.165) is 19.4 Å². The van der Waals surface area contributed by atoms with E-state index in [1.807, 2.05) is 19.1 Å². The van der Waals surface area contributed by atoms with Gasteiger partial charge in [-0.3, -0.25) is 4.79 Å². The Balaban J connectivity index is 2.28. The smallest absolute Gasteiger partial charge is 0.305 e. The number of aryl methyl sites for hydroxylation is 1. The maximum absolute atomic E-state index is 11.1. The molecule has 1 rings (SSSR count). The molecule has 0 saturated carbocycles. The zero-order valence-corrected chi connectivity index (χ0v) is 10.7. The zero-order chi connectivity index (χ0) is 12.5. The first-order chi connectivity index (χ1) is 8.27. The van der Waals surface area contributed by atoms with E-state index in [1.165, 1.54) is 11.3 Å². The summed E-state index contributed by atoms with van der Waals surface area (Å²) in [6.07, 6.45) is 2.30. The van der Waals surface area contributed by atoms with Gasteiger partial charge in [0.05, 0.1) is 6.61 Å². The van der Waals surface area contributed by atoms with Gasteiger partial charge in [-0.15, -0.1) is 0 Å². The molecule has 0 aliphatic heterocycles. The van der Waals surface area contributed by atoms with Gasteiger partial charge in [-0.1, -0.05) is 25.1 Å². The molecule has 0 amide bonds. The predicted octanol–water partition coefficient (Wildman–Crippen LogP) is 3.00. The second-order valence-corrected chi connectivity index (χ2v) is 3.85. The van der Waals surface area contributed by atoms with Gasteiger partial charge >= 0.3 is 5.97 Å². The number of carbonyl (C=O) groups is 1. The largest absolute Gasteiger partial charge is 0.466 e. The lowest BCUT2D eigenvalue weighted by Crippen LogP contribution is -2.09. The Kier molecular flexibility index (Phi) is 6.15. The van der Waals surface area contributed by atoms with Crippen molar-refractivity contribution in [2.45, 2.75) is 33.1 Å². The fourth-order valence-corrected chi connectivity index (χ4v) is 1.69. The normalized spacial score (nSPS) is 10.0. The number of anilines is 1. The maximum atomic E-state index is 11.1. The summed E-state index contributed by atoms with van der Waals surface area (Å²) >= 11 is 0. The highest BCUT2D eigenvalue weighted by molar-refractivity contribution is 5.69. The van der Waals surface area contributed by atoms with Crippen LogP contribution in [-0.2, 0) is 16.0 Å². The summed E-state index contributed by atoms with van der Waals surface area (Å²) in [6, 6.07) is 8.26. The van der Waals surface area contributed by atoms with Crippen LogP contribution in [-0.4, -0.2) is 19.1 Å². The van der Waals surface area contributed by atoms with Crippen molar-refractivity contribution in [1.82, 2.24) is 0 Å². The van der Waals surface area contributed by atoms with Crippen molar-refractivity contribution in [2.75, 3.05) is 18.5 Å². The lowest BCUT2D eigenvalue weighted by molar-refractivity contribution is -0.143. The molecule has 17 heavy (non-hydrogen) atoms. The SMILES string of the molecule is CCOC(=O)CCCNc1ccccc1CC. The van der Waals surface area contributed by atoms with E-state index in [2.05, 4.69) is 24.4 Å². The van der Waals surface area contributed by atoms with Gasteiger partial charge in [0.1, 0.15) is 0 Å². The lowest BCUT2D eigenvalue weighted by Gasteiger charge is -2.10. The molecule has 0 aliphatic rings. The van der Waals surface area contributed by atoms with Crippen LogP contribution in [0.5, 0.6) is 0 Å². The molecule has 1 aromatic carbocycles. The van der Waals surface area contributed by atoms with E-state index >= 15 is 0 Å². The van der Waals surface area contributed by atoms with Crippen molar-refractivity contribution in [1.29, 1.82) is 0 Å². The number of hydrogen-bond acceptors (Lipinski definition) is 3. The van der Waals surface area contributed by atoms with Crippen molar-refractivity contribution >= 4 is 11.7 Å². The number of hydrogen-bond donors (Lipinski definition) is 1. The Hall–Kier alpha value is -1.51. The Bertz CT molecular complexity index is 350. The van der Waals surface area contributed by atoms with E-state index < -0.39 is 0 Å². The minimum atomic E-state index is -0.113. The second-order valence-electron chi connectivity index (χ2n) is 3.85. The monoisotopic (exact) mass is 235 g/mol. The van der Waals surface area contributed by atoms with Gasteiger partial charge in [-0.2, -0.15) is 0 Å². The van der Waals surface area contributed by atoms with Crippen LogP contribution in [0.3, 0.4) is 0 Å². The van der Waals surface area contributed by atoms with Crippen LogP contribution >= 0.6 is 0 Å². The van der Waals surface area contributed by atoms with Crippen LogP contribution in [0.1, 0.15) is 32.3 Å². The van der Waals surface area contributed by atoms with Gasteiger partial charge in [0.15, 0.2) is 0 Å². The van der Waals surface area contributed by atoms with Gasteiger partial charge in [0, 0.05) is 18.7 Å². The third-order valence-electron chi connectivity index (χ3n) is 2.58. The first kappa shape index (κ1) is 13.6. The number of esters is 1. The van der Waals surface area contributed by atoms with Gasteiger partial charge in [-0.25, -0.2) is 0 Å². The number of para-hydroxylation sites is 1. The molecular formula is C14H21NO2. The van der Waals surface area contributed by atoms with Crippen LogP contribution in [0.25, 0.3) is 0 Å². The molecule has 0 bridgehead atoms. The fourth-order valence-electron chi connectivity index (χ4n) is 1.69. The van der Waals surface area contributed by atoms with E-state index in [1.54, 1.807) is 0 Å². The first-order valence-electron chi connectivity index (χ1n) is 6.25. The molecule has 0 unspecified atom stereocenters. The molecule has 0 atom stereocenters. The quantitative estimate of drug-likeness (QED) is 0.583. The molecule has 3 heteroatoms. The molecule has 3 nitrogen and oxygen atoms in total. The molecular weight excluding hydrogens is 214 g/mol. The summed E-state index contributed by atoms with van der Waals surface area (Å²) < 4.78 is 4.87. The number of nitrogens with one attached hydrogen (secondary N) is 1. The van der Waals surface area contributed by atoms with Crippen LogP contribution in [0.2, 0.25) is 0 Å². The molecule has 0 heterocycles. The highest BCUT2D eigenvalue weighted by Gasteiger charge is 2.02. The third-order valence-corrected chi connectivity index (χ3v) is 2.58. The van der Waals surface area contributed by atoms with Crippen molar-refractivity contribution in [3.05, 3.63) is 29.8 Å². The molecule has 0 radical (unpaired) electrons. The van der Waals surface area contributed by atoms with Crippen molar-refractivity contribution in [2.24, 2.45) is 0 Å². The van der Waals surface area contributed by atoms with Gasteiger partial charge in [0.25, 0.3) is 0 Å². The Labute approximate surface area is 103 Å². The molecule has 0 saturated heterocycles. The summed E-state index contributed by atoms with van der Waals surface area (Å²) in [5, 5.41) is 3.35. The summed E-state index contributed by atoms with van der Waals surface area (Å²) in [6.45, 7) is 5.23. The first-order valence-corrected chi connectivity index (χ1v) is 6.25. The lowest BCUT2D eigenvalue weighted by atomic mass is 10.1. The van der Waals surface area contributed by atoms with Gasteiger partial charge < -0.3 is 10.1 Å². The minimum absolute atomic E-state index is 0.113. The number of rotatable bonds is 7. The standard InChI is InChI=1S/C14H21NO2/c1-3-12-8-5-6-9-13(12)15-11-7-10-14(16)17-4-2/h5-6,8-9,15H,3-4,7,10-11H2,1-2H3. The summed E-state index contributed by atoms with van der Waals surface area (Å²) in [7, 11) is 0. The Morgan fingerprint density at radius 2 is 2.06 bits per heavy atom. The van der Waals surface area contributed by atoms with E-state index in [9.17, 15) is 4.79 Å². The van der Waals surface area contributed by atoms with Crippen LogP contribution < -0.4 is 5.32 Å². The summed E-state index contributed by atoms with van der Waals surface area (Å²) in [5.41, 5.74) is 2.47. The van der Waals surface area contributed by atoms with Crippen LogP contribution in [0.15, 0.2) is 24.3 Å². The van der Waals surface area contributed by atoms with Gasteiger partial charge in [0.2, 0.25) is 0 Å². The highest BCUT2D eigenvalue weighted by Crippen LogP contribution is 2.15. The topological polar surface area (TPSA) is 38.3 Å².